The average Bonchev–Trinajstić information content (AvgIpc) is 2.74. The number of rotatable bonds is 7. The van der Waals surface area contributed by atoms with Crippen LogP contribution < -0.4 is 19.5 Å². The monoisotopic (exact) mass is 398 g/mol. The highest BCUT2D eigenvalue weighted by molar-refractivity contribution is 7.99. The molecule has 8 nitrogen and oxygen atoms in total. The molecule has 9 heteroatoms. The van der Waals surface area contributed by atoms with Gasteiger partial charge in [0.15, 0.2) is 0 Å². The van der Waals surface area contributed by atoms with E-state index >= 15 is 0 Å². The lowest BCUT2D eigenvalue weighted by atomic mass is 10.2. The van der Waals surface area contributed by atoms with Gasteiger partial charge in [-0.1, -0.05) is 12.1 Å². The van der Waals surface area contributed by atoms with Crippen molar-refractivity contribution in [1.82, 2.24) is 15.0 Å². The number of aromatic nitrogens is 3. The number of benzene rings is 2. The minimum atomic E-state index is -0.249. The van der Waals surface area contributed by atoms with E-state index in [1.807, 2.05) is 12.1 Å². The lowest BCUT2D eigenvalue weighted by molar-refractivity contribution is 0.102. The molecular weight excluding hydrogens is 380 g/mol. The van der Waals surface area contributed by atoms with E-state index in [9.17, 15) is 4.79 Å². The van der Waals surface area contributed by atoms with Crippen molar-refractivity contribution in [3.05, 3.63) is 54.1 Å². The average molecular weight is 398 g/mol. The van der Waals surface area contributed by atoms with Gasteiger partial charge in [0.25, 0.3) is 5.91 Å². The third-order valence-electron chi connectivity index (χ3n) is 3.62. The minimum absolute atomic E-state index is 0.134. The normalized spacial score (nSPS) is 10.2. The zero-order valence-corrected chi connectivity index (χ0v) is 16.3. The van der Waals surface area contributed by atoms with Crippen LogP contribution in [0.1, 0.15) is 10.4 Å². The van der Waals surface area contributed by atoms with Crippen molar-refractivity contribution >= 4 is 23.4 Å². The summed E-state index contributed by atoms with van der Waals surface area (Å²) in [5.41, 5.74) is 1.15. The number of ether oxygens (including phenoxy) is 3. The molecule has 0 aliphatic rings. The number of hydrogen-bond acceptors (Lipinski definition) is 8. The summed E-state index contributed by atoms with van der Waals surface area (Å²) >= 11 is 1.22. The fourth-order valence-electron chi connectivity index (χ4n) is 2.26. The Kier molecular flexibility index (Phi) is 6.28. The van der Waals surface area contributed by atoms with Crippen LogP contribution in [-0.2, 0) is 0 Å². The minimum Gasteiger partial charge on any atom is -0.497 e. The molecule has 1 heterocycles. The van der Waals surface area contributed by atoms with E-state index in [2.05, 4.69) is 20.3 Å². The van der Waals surface area contributed by atoms with Crippen LogP contribution >= 0.6 is 11.8 Å². The molecule has 0 fully saturated rings. The van der Waals surface area contributed by atoms with E-state index in [1.165, 1.54) is 26.0 Å². The second kappa shape index (κ2) is 9.05. The molecule has 0 saturated carbocycles. The van der Waals surface area contributed by atoms with Crippen molar-refractivity contribution in [1.29, 1.82) is 0 Å². The molecule has 28 heavy (non-hydrogen) atoms. The van der Waals surface area contributed by atoms with Crippen LogP contribution in [0.4, 0.5) is 5.69 Å². The Labute approximate surface area is 166 Å². The first-order valence-electron chi connectivity index (χ1n) is 8.19. The summed E-state index contributed by atoms with van der Waals surface area (Å²) in [4.78, 5) is 25.8. The van der Waals surface area contributed by atoms with Crippen molar-refractivity contribution in [2.45, 2.75) is 10.1 Å². The van der Waals surface area contributed by atoms with Crippen molar-refractivity contribution in [2.75, 3.05) is 26.6 Å². The maximum atomic E-state index is 12.8. The van der Waals surface area contributed by atoms with Crippen molar-refractivity contribution in [3.63, 3.8) is 0 Å². The summed E-state index contributed by atoms with van der Waals surface area (Å²) in [6.45, 7) is 0. The quantitative estimate of drug-likeness (QED) is 0.648. The van der Waals surface area contributed by atoms with E-state index in [0.717, 1.165) is 0 Å². The SMILES string of the molecule is COc1ccc(NC(=O)c2ccccc2Sc2nc(OC)nc(OC)n2)cc1. The summed E-state index contributed by atoms with van der Waals surface area (Å²) in [5.74, 6) is 0.466. The van der Waals surface area contributed by atoms with Gasteiger partial charge in [-0.15, -0.1) is 4.98 Å². The Hall–Kier alpha value is -3.33. The van der Waals surface area contributed by atoms with E-state index in [-0.39, 0.29) is 17.9 Å². The van der Waals surface area contributed by atoms with E-state index in [1.54, 1.807) is 43.5 Å². The Morgan fingerprint density at radius 1 is 0.857 bits per heavy atom. The van der Waals surface area contributed by atoms with E-state index in [0.29, 0.717) is 27.1 Å². The summed E-state index contributed by atoms with van der Waals surface area (Å²) in [5, 5.41) is 3.23. The Morgan fingerprint density at radius 3 is 2.11 bits per heavy atom. The number of methoxy groups -OCH3 is 3. The van der Waals surface area contributed by atoms with Gasteiger partial charge in [0.1, 0.15) is 5.75 Å². The maximum Gasteiger partial charge on any atom is 0.323 e. The van der Waals surface area contributed by atoms with E-state index < -0.39 is 0 Å². The second-order valence-corrected chi connectivity index (χ2v) is 6.38. The van der Waals surface area contributed by atoms with Crippen molar-refractivity contribution in [2.24, 2.45) is 0 Å². The topological polar surface area (TPSA) is 95.5 Å². The number of nitrogens with one attached hydrogen (secondary N) is 1. The summed E-state index contributed by atoms with van der Waals surface area (Å²) in [6, 6.07) is 14.5. The van der Waals surface area contributed by atoms with Gasteiger partial charge < -0.3 is 19.5 Å². The Balaban J connectivity index is 1.83. The molecule has 0 aliphatic carbocycles. The zero-order valence-electron chi connectivity index (χ0n) is 15.5. The fourth-order valence-corrected chi connectivity index (χ4v) is 3.12. The van der Waals surface area contributed by atoms with Gasteiger partial charge in [-0.25, -0.2) is 0 Å². The van der Waals surface area contributed by atoms with Crippen LogP contribution in [0.15, 0.2) is 58.6 Å². The lowest BCUT2D eigenvalue weighted by Gasteiger charge is -2.10. The molecule has 3 aromatic rings. The smallest absolute Gasteiger partial charge is 0.323 e. The molecule has 144 valence electrons. The molecule has 2 aromatic carbocycles. The summed E-state index contributed by atoms with van der Waals surface area (Å²) in [6.07, 6.45) is 0. The summed E-state index contributed by atoms with van der Waals surface area (Å²) < 4.78 is 15.3. The predicted molar refractivity (Wildman–Crippen MR) is 104 cm³/mol. The highest BCUT2D eigenvalue weighted by atomic mass is 32.2. The molecule has 0 radical (unpaired) electrons. The number of amides is 1. The molecule has 1 N–H and O–H groups in total. The third-order valence-corrected chi connectivity index (χ3v) is 4.56. The lowest BCUT2D eigenvalue weighted by Crippen LogP contribution is -2.13. The highest BCUT2D eigenvalue weighted by Gasteiger charge is 2.15. The standard InChI is InChI=1S/C19H18N4O4S/c1-25-13-10-8-12(9-11-13)20-16(24)14-6-4-5-7-15(14)28-19-22-17(26-2)21-18(23-19)27-3/h4-11H,1-3H3,(H,20,24). The summed E-state index contributed by atoms with van der Waals surface area (Å²) in [7, 11) is 4.51. The zero-order chi connectivity index (χ0) is 19.9. The van der Waals surface area contributed by atoms with Crippen LogP contribution in [0.2, 0.25) is 0 Å². The first-order chi connectivity index (χ1) is 13.6. The number of anilines is 1. The molecule has 1 amide bonds. The predicted octanol–water partition coefficient (Wildman–Crippen LogP) is 3.30. The van der Waals surface area contributed by atoms with Crippen LogP contribution in [0.25, 0.3) is 0 Å². The van der Waals surface area contributed by atoms with Gasteiger partial charge in [-0.3, -0.25) is 4.79 Å². The van der Waals surface area contributed by atoms with Gasteiger partial charge in [-0.2, -0.15) is 9.97 Å². The number of nitrogens with zero attached hydrogens (tertiary/aromatic N) is 3. The van der Waals surface area contributed by atoms with Crippen LogP contribution in [0, 0.1) is 0 Å². The first kappa shape index (κ1) is 19.4. The Morgan fingerprint density at radius 2 is 1.50 bits per heavy atom. The molecule has 0 spiro atoms. The maximum absolute atomic E-state index is 12.8. The largest absolute Gasteiger partial charge is 0.497 e. The third kappa shape index (κ3) is 4.68. The molecule has 0 unspecified atom stereocenters. The van der Waals surface area contributed by atoms with Gasteiger partial charge >= 0.3 is 12.0 Å². The first-order valence-corrected chi connectivity index (χ1v) is 9.01. The van der Waals surface area contributed by atoms with Crippen LogP contribution in [-0.4, -0.2) is 42.2 Å². The number of carbonyl (C=O) groups is 1. The van der Waals surface area contributed by atoms with Gasteiger partial charge in [0.05, 0.1) is 26.9 Å². The number of carbonyl (C=O) groups excluding carboxylic acids is 1. The second-order valence-electron chi connectivity index (χ2n) is 5.37. The van der Waals surface area contributed by atoms with Gasteiger partial charge in [-0.05, 0) is 48.2 Å². The van der Waals surface area contributed by atoms with Crippen LogP contribution in [0.3, 0.4) is 0 Å². The Bertz CT molecular complexity index is 944. The van der Waals surface area contributed by atoms with E-state index in [4.69, 9.17) is 14.2 Å². The molecule has 0 aliphatic heterocycles. The van der Waals surface area contributed by atoms with Crippen LogP contribution in [0.5, 0.6) is 17.8 Å². The van der Waals surface area contributed by atoms with Gasteiger partial charge in [0, 0.05) is 10.6 Å². The molecule has 1 aromatic heterocycles. The van der Waals surface area contributed by atoms with Gasteiger partial charge in [0.2, 0.25) is 5.16 Å². The molecule has 0 atom stereocenters. The molecular formula is C19H18N4O4S. The molecule has 3 rings (SSSR count). The molecule has 0 bridgehead atoms. The molecule has 0 saturated heterocycles. The van der Waals surface area contributed by atoms with Crippen molar-refractivity contribution < 1.29 is 19.0 Å². The fraction of sp³-hybridized carbons (Fsp3) is 0.158. The number of hydrogen-bond donors (Lipinski definition) is 1. The van der Waals surface area contributed by atoms with Crippen molar-refractivity contribution in [3.8, 4) is 17.8 Å². The highest BCUT2D eigenvalue weighted by Crippen LogP contribution is 2.30.